The van der Waals surface area contributed by atoms with E-state index in [0.29, 0.717) is 0 Å². The molecule has 3 aromatic rings. The van der Waals surface area contributed by atoms with E-state index >= 15 is 0 Å². The predicted octanol–water partition coefficient (Wildman–Crippen LogP) is 9.94. The second kappa shape index (κ2) is 18.6. The van der Waals surface area contributed by atoms with Crippen molar-refractivity contribution >= 4 is 10.8 Å². The van der Waals surface area contributed by atoms with E-state index < -0.39 is 11.7 Å². The molecule has 0 unspecified atom stereocenters. The lowest BCUT2D eigenvalue weighted by Gasteiger charge is -2.08. The van der Waals surface area contributed by atoms with Gasteiger partial charge < -0.3 is 5.73 Å². The number of fused-ring (bicyclic) bond motifs is 1. The van der Waals surface area contributed by atoms with E-state index in [1.165, 1.54) is 21.9 Å². The Morgan fingerprint density at radius 1 is 0.667 bits per heavy atom. The molecule has 0 saturated carbocycles. The third kappa shape index (κ3) is 13.2. The van der Waals surface area contributed by atoms with Gasteiger partial charge in [0.15, 0.2) is 0 Å². The summed E-state index contributed by atoms with van der Waals surface area (Å²) in [5, 5.41) is 2.59. The second-order valence-electron chi connectivity index (χ2n) is 6.19. The number of nitrogens with two attached hydrogens (primary N) is 1. The molecule has 0 aliphatic carbocycles. The SMILES string of the molecule is C=C(N)CCC(=C)C(F)(F)F.CC.CC.CC.c1ccc(-c2ccc3ccccc3c2)cc1. The zero-order chi connectivity index (χ0) is 25.9. The first-order valence-corrected chi connectivity index (χ1v) is 11.5. The molecule has 0 spiro atoms. The molecule has 0 aliphatic rings. The first-order valence-electron chi connectivity index (χ1n) is 11.5. The van der Waals surface area contributed by atoms with Gasteiger partial charge in [-0.2, -0.15) is 13.2 Å². The lowest BCUT2D eigenvalue weighted by molar-refractivity contribution is -0.0935. The maximum absolute atomic E-state index is 11.7. The average Bonchev–Trinajstić information content (AvgIpc) is 2.86. The second-order valence-corrected chi connectivity index (χ2v) is 6.19. The van der Waals surface area contributed by atoms with E-state index in [1.54, 1.807) is 0 Å². The van der Waals surface area contributed by atoms with Crippen LogP contribution in [0.2, 0.25) is 0 Å². The highest BCUT2D eigenvalue weighted by molar-refractivity contribution is 5.87. The van der Waals surface area contributed by atoms with Gasteiger partial charge in [-0.1, -0.05) is 121 Å². The highest BCUT2D eigenvalue weighted by Gasteiger charge is 2.30. The van der Waals surface area contributed by atoms with Crippen molar-refractivity contribution in [1.82, 2.24) is 0 Å². The molecule has 0 fully saturated rings. The highest BCUT2D eigenvalue weighted by Crippen LogP contribution is 2.27. The quantitative estimate of drug-likeness (QED) is 0.386. The van der Waals surface area contributed by atoms with Crippen LogP contribution in [0.5, 0.6) is 0 Å². The van der Waals surface area contributed by atoms with E-state index in [1.807, 2.05) is 47.6 Å². The van der Waals surface area contributed by atoms with Crippen molar-refractivity contribution in [2.24, 2.45) is 5.73 Å². The molecule has 0 bridgehead atoms. The fraction of sp³-hybridized carbons (Fsp3) is 0.310. The summed E-state index contributed by atoms with van der Waals surface area (Å²) in [5.74, 6) is 0. The molecule has 1 nitrogen and oxygen atoms in total. The van der Waals surface area contributed by atoms with Crippen LogP contribution in [0, 0.1) is 0 Å². The topological polar surface area (TPSA) is 26.0 Å². The number of halogens is 3. The number of alkyl halides is 3. The Morgan fingerprint density at radius 2 is 1.15 bits per heavy atom. The molecule has 0 amide bonds. The summed E-state index contributed by atoms with van der Waals surface area (Å²) in [5.41, 5.74) is 7.12. The molecular weight excluding hydrogens is 419 g/mol. The number of hydrogen-bond acceptors (Lipinski definition) is 1. The van der Waals surface area contributed by atoms with E-state index in [9.17, 15) is 13.2 Å². The van der Waals surface area contributed by atoms with E-state index in [-0.39, 0.29) is 18.5 Å². The van der Waals surface area contributed by atoms with Crippen molar-refractivity contribution in [3.63, 3.8) is 0 Å². The Hall–Kier alpha value is -3.01. The summed E-state index contributed by atoms with van der Waals surface area (Å²) in [4.78, 5) is 0. The summed E-state index contributed by atoms with van der Waals surface area (Å²) in [6.07, 6.45) is -4.33. The van der Waals surface area contributed by atoms with Crippen LogP contribution < -0.4 is 5.73 Å². The van der Waals surface area contributed by atoms with Gasteiger partial charge in [0.25, 0.3) is 0 Å². The molecule has 3 rings (SSSR count). The largest absolute Gasteiger partial charge is 0.412 e. The third-order valence-corrected chi connectivity index (χ3v) is 4.01. The van der Waals surface area contributed by atoms with Crippen LogP contribution in [-0.2, 0) is 0 Å². The molecule has 3 aromatic carbocycles. The van der Waals surface area contributed by atoms with Gasteiger partial charge in [-0.05, 0) is 40.8 Å². The van der Waals surface area contributed by atoms with Crippen molar-refractivity contribution in [3.05, 3.63) is 97.2 Å². The van der Waals surface area contributed by atoms with Gasteiger partial charge in [0, 0.05) is 11.3 Å². The van der Waals surface area contributed by atoms with Crippen LogP contribution in [0.15, 0.2) is 97.2 Å². The number of rotatable bonds is 4. The van der Waals surface area contributed by atoms with Crippen LogP contribution >= 0.6 is 0 Å². The first-order chi connectivity index (χ1) is 15.8. The predicted molar refractivity (Wildman–Crippen MR) is 141 cm³/mol. The minimum atomic E-state index is -4.30. The normalized spacial score (nSPS) is 9.36. The van der Waals surface area contributed by atoms with Crippen LogP contribution in [-0.4, -0.2) is 6.18 Å². The van der Waals surface area contributed by atoms with Gasteiger partial charge in [-0.15, -0.1) is 0 Å². The summed E-state index contributed by atoms with van der Waals surface area (Å²) in [7, 11) is 0. The summed E-state index contributed by atoms with van der Waals surface area (Å²) >= 11 is 0. The van der Waals surface area contributed by atoms with Crippen molar-refractivity contribution in [3.8, 4) is 11.1 Å². The van der Waals surface area contributed by atoms with Gasteiger partial charge in [0.1, 0.15) is 0 Å². The van der Waals surface area contributed by atoms with Crippen molar-refractivity contribution < 1.29 is 13.2 Å². The van der Waals surface area contributed by atoms with Crippen LogP contribution in [0.4, 0.5) is 13.2 Å². The monoisotopic (exact) mass is 459 g/mol. The molecule has 0 radical (unpaired) electrons. The van der Waals surface area contributed by atoms with E-state index in [0.717, 1.165) is 0 Å². The van der Waals surface area contributed by atoms with Gasteiger partial charge in [-0.3, -0.25) is 0 Å². The molecule has 0 heterocycles. The molecule has 0 atom stereocenters. The molecule has 4 heteroatoms. The highest BCUT2D eigenvalue weighted by atomic mass is 19.4. The number of hydrogen-bond donors (Lipinski definition) is 1. The zero-order valence-electron chi connectivity index (χ0n) is 21.0. The van der Waals surface area contributed by atoms with Crippen LogP contribution in [0.25, 0.3) is 21.9 Å². The number of allylic oxidation sites excluding steroid dienone is 2. The van der Waals surface area contributed by atoms with Gasteiger partial charge in [-0.25, -0.2) is 0 Å². The Balaban J connectivity index is 0. The average molecular weight is 460 g/mol. The van der Waals surface area contributed by atoms with Gasteiger partial charge in [0.05, 0.1) is 0 Å². The molecule has 0 aliphatic heterocycles. The maximum Gasteiger partial charge on any atom is 0.412 e. The summed E-state index contributed by atoms with van der Waals surface area (Å²) < 4.78 is 35.2. The Bertz CT molecular complexity index is 913. The summed E-state index contributed by atoms with van der Waals surface area (Å²) in [6, 6.07) is 25.5. The van der Waals surface area contributed by atoms with Gasteiger partial charge in [0.2, 0.25) is 0 Å². The minimum Gasteiger partial charge on any atom is -0.403 e. The Kier molecular flexibility index (Phi) is 18.1. The van der Waals surface area contributed by atoms with Gasteiger partial charge >= 0.3 is 6.18 Å². The third-order valence-electron chi connectivity index (χ3n) is 4.01. The maximum atomic E-state index is 11.7. The van der Waals surface area contributed by atoms with Crippen LogP contribution in [0.3, 0.4) is 0 Å². The summed E-state index contributed by atoms with van der Waals surface area (Å²) in [6.45, 7) is 18.2. The van der Waals surface area contributed by atoms with Crippen molar-refractivity contribution in [1.29, 1.82) is 0 Å². The molecule has 33 heavy (non-hydrogen) atoms. The smallest absolute Gasteiger partial charge is 0.403 e. The molecular formula is C29H40F3N. The van der Waals surface area contributed by atoms with Crippen molar-refractivity contribution in [2.75, 3.05) is 0 Å². The zero-order valence-corrected chi connectivity index (χ0v) is 21.0. The first kappa shape index (κ1) is 32.2. The fourth-order valence-corrected chi connectivity index (χ4v) is 2.45. The minimum absolute atomic E-state index is 0.137. The Labute approximate surface area is 198 Å². The van der Waals surface area contributed by atoms with Crippen molar-refractivity contribution in [2.45, 2.75) is 60.6 Å². The lowest BCUT2D eigenvalue weighted by atomic mass is 10.0. The Morgan fingerprint density at radius 3 is 1.64 bits per heavy atom. The molecule has 182 valence electrons. The number of benzene rings is 3. The fourth-order valence-electron chi connectivity index (χ4n) is 2.45. The van der Waals surface area contributed by atoms with Crippen LogP contribution in [0.1, 0.15) is 54.4 Å². The molecule has 0 aromatic heterocycles. The standard InChI is InChI=1S/C16H12.C7H10F3N.3C2H6/c1-2-6-13(7-3-1)16-11-10-14-8-4-5-9-15(14)12-16;1-5(7(8,9)10)3-4-6(2)11;3*1-2/h1-12H;1-4,11H2;3*1-2H3. The lowest BCUT2D eigenvalue weighted by Crippen LogP contribution is -2.11. The molecule has 2 N–H and O–H groups in total. The van der Waals surface area contributed by atoms with E-state index in [2.05, 4.69) is 79.9 Å². The molecule has 0 saturated heterocycles. The van der Waals surface area contributed by atoms with E-state index in [4.69, 9.17) is 5.73 Å².